The van der Waals surface area contributed by atoms with Gasteiger partial charge in [0.25, 0.3) is 0 Å². The van der Waals surface area contributed by atoms with Crippen molar-refractivity contribution in [1.29, 1.82) is 0 Å². The van der Waals surface area contributed by atoms with Crippen LogP contribution in [0.15, 0.2) is 24.3 Å². The number of nitrogens with zero attached hydrogens (tertiary/aromatic N) is 1. The number of benzene rings is 1. The van der Waals surface area contributed by atoms with Crippen molar-refractivity contribution in [2.24, 2.45) is 0 Å². The van der Waals surface area contributed by atoms with E-state index < -0.39 is 0 Å². The highest BCUT2D eigenvalue weighted by atomic mass is 16.2. The van der Waals surface area contributed by atoms with Crippen LogP contribution in [0.5, 0.6) is 0 Å². The summed E-state index contributed by atoms with van der Waals surface area (Å²) >= 11 is 0. The molecular formula is C16H24N2O. The van der Waals surface area contributed by atoms with E-state index in [9.17, 15) is 4.79 Å². The summed E-state index contributed by atoms with van der Waals surface area (Å²) in [7, 11) is 1.96. The number of rotatable bonds is 4. The molecule has 104 valence electrons. The molecule has 2 rings (SSSR count). The van der Waals surface area contributed by atoms with E-state index in [4.69, 9.17) is 5.73 Å². The van der Waals surface area contributed by atoms with Gasteiger partial charge in [-0.05, 0) is 37.0 Å². The van der Waals surface area contributed by atoms with E-state index in [0.717, 1.165) is 12.1 Å². The Balaban J connectivity index is 1.81. The van der Waals surface area contributed by atoms with Gasteiger partial charge in [0.1, 0.15) is 0 Å². The summed E-state index contributed by atoms with van der Waals surface area (Å²) in [6.45, 7) is 0. The Bertz CT molecular complexity index is 407. The number of amides is 1. The second-order valence-electron chi connectivity index (χ2n) is 5.54. The summed E-state index contributed by atoms with van der Waals surface area (Å²) in [5.74, 6) is 0.267. The minimum Gasteiger partial charge on any atom is -0.399 e. The lowest BCUT2D eigenvalue weighted by molar-refractivity contribution is -0.132. The number of aryl methyl sites for hydroxylation is 1. The molecule has 3 nitrogen and oxygen atoms in total. The zero-order valence-electron chi connectivity index (χ0n) is 11.8. The molecule has 0 aliphatic heterocycles. The lowest BCUT2D eigenvalue weighted by atomic mass is 9.94. The topological polar surface area (TPSA) is 46.3 Å². The lowest BCUT2D eigenvalue weighted by Crippen LogP contribution is -2.38. The summed E-state index contributed by atoms with van der Waals surface area (Å²) in [4.78, 5) is 14.2. The third-order valence-corrected chi connectivity index (χ3v) is 4.12. The van der Waals surface area contributed by atoms with Crippen molar-refractivity contribution < 1.29 is 4.79 Å². The summed E-state index contributed by atoms with van der Waals surface area (Å²) in [6, 6.07) is 8.26. The van der Waals surface area contributed by atoms with Gasteiger partial charge in [-0.15, -0.1) is 0 Å². The monoisotopic (exact) mass is 260 g/mol. The first kappa shape index (κ1) is 13.9. The Labute approximate surface area is 115 Å². The molecule has 2 N–H and O–H groups in total. The SMILES string of the molecule is CN(C(=O)CCc1ccc(N)cc1)C1CCCCC1. The van der Waals surface area contributed by atoms with Crippen LogP contribution in [0.25, 0.3) is 0 Å². The summed E-state index contributed by atoms with van der Waals surface area (Å²) in [6.07, 6.45) is 7.59. The lowest BCUT2D eigenvalue weighted by Gasteiger charge is -2.31. The Hall–Kier alpha value is -1.51. The van der Waals surface area contributed by atoms with Crippen LogP contribution >= 0.6 is 0 Å². The number of carbonyl (C=O) groups excluding carboxylic acids is 1. The van der Waals surface area contributed by atoms with E-state index in [1.807, 2.05) is 36.2 Å². The molecular weight excluding hydrogens is 236 g/mol. The summed E-state index contributed by atoms with van der Waals surface area (Å²) < 4.78 is 0. The highest BCUT2D eigenvalue weighted by Gasteiger charge is 2.21. The third kappa shape index (κ3) is 3.98. The van der Waals surface area contributed by atoms with Crippen molar-refractivity contribution >= 4 is 11.6 Å². The summed E-state index contributed by atoms with van der Waals surface area (Å²) in [5, 5.41) is 0. The standard InChI is InChI=1S/C16H24N2O/c1-18(15-5-3-2-4-6-15)16(19)12-9-13-7-10-14(17)11-8-13/h7-8,10-11,15H,2-6,9,12,17H2,1H3. The predicted molar refractivity (Wildman–Crippen MR) is 78.8 cm³/mol. The zero-order valence-corrected chi connectivity index (χ0v) is 11.8. The van der Waals surface area contributed by atoms with Crippen LogP contribution in [0, 0.1) is 0 Å². The largest absolute Gasteiger partial charge is 0.399 e. The number of anilines is 1. The first-order valence-electron chi connectivity index (χ1n) is 7.27. The van der Waals surface area contributed by atoms with Gasteiger partial charge in [0, 0.05) is 25.2 Å². The quantitative estimate of drug-likeness (QED) is 0.846. The van der Waals surface area contributed by atoms with Crippen molar-refractivity contribution in [2.45, 2.75) is 51.0 Å². The van der Waals surface area contributed by atoms with Crippen LogP contribution in [-0.4, -0.2) is 23.9 Å². The van der Waals surface area contributed by atoms with E-state index in [1.165, 1.54) is 37.7 Å². The minimum atomic E-state index is 0.267. The zero-order chi connectivity index (χ0) is 13.7. The maximum atomic E-state index is 12.2. The predicted octanol–water partition coefficient (Wildman–Crippen LogP) is 2.99. The molecule has 1 saturated carbocycles. The average Bonchev–Trinajstić information content (AvgIpc) is 2.46. The molecule has 0 heterocycles. The van der Waals surface area contributed by atoms with E-state index in [-0.39, 0.29) is 5.91 Å². The molecule has 0 unspecified atom stereocenters. The van der Waals surface area contributed by atoms with Crippen LogP contribution in [0.2, 0.25) is 0 Å². The van der Waals surface area contributed by atoms with Crippen LogP contribution in [0.3, 0.4) is 0 Å². The second kappa shape index (κ2) is 6.60. The maximum Gasteiger partial charge on any atom is 0.222 e. The van der Waals surface area contributed by atoms with Gasteiger partial charge < -0.3 is 10.6 Å². The molecule has 1 amide bonds. The van der Waals surface area contributed by atoms with Crippen LogP contribution in [0.1, 0.15) is 44.1 Å². The van der Waals surface area contributed by atoms with Crippen molar-refractivity contribution in [1.82, 2.24) is 4.90 Å². The van der Waals surface area contributed by atoms with Gasteiger partial charge in [-0.25, -0.2) is 0 Å². The van der Waals surface area contributed by atoms with Crippen molar-refractivity contribution in [3.8, 4) is 0 Å². The third-order valence-electron chi connectivity index (χ3n) is 4.12. The van der Waals surface area contributed by atoms with E-state index in [2.05, 4.69) is 0 Å². The molecule has 0 atom stereocenters. The molecule has 1 aliphatic rings. The van der Waals surface area contributed by atoms with Gasteiger partial charge in [0.2, 0.25) is 5.91 Å². The highest BCUT2D eigenvalue weighted by molar-refractivity contribution is 5.76. The molecule has 0 bridgehead atoms. The first-order chi connectivity index (χ1) is 9.16. The second-order valence-corrected chi connectivity index (χ2v) is 5.54. The Morgan fingerprint density at radius 3 is 2.47 bits per heavy atom. The fourth-order valence-electron chi connectivity index (χ4n) is 2.78. The molecule has 0 radical (unpaired) electrons. The highest BCUT2D eigenvalue weighted by Crippen LogP contribution is 2.22. The van der Waals surface area contributed by atoms with Crippen LogP contribution < -0.4 is 5.73 Å². The fraction of sp³-hybridized carbons (Fsp3) is 0.562. The van der Waals surface area contributed by atoms with E-state index >= 15 is 0 Å². The molecule has 3 heteroatoms. The van der Waals surface area contributed by atoms with Gasteiger partial charge in [-0.1, -0.05) is 31.4 Å². The van der Waals surface area contributed by atoms with Crippen molar-refractivity contribution in [2.75, 3.05) is 12.8 Å². The van der Waals surface area contributed by atoms with Crippen LogP contribution in [-0.2, 0) is 11.2 Å². The molecule has 0 aromatic heterocycles. The first-order valence-corrected chi connectivity index (χ1v) is 7.27. The average molecular weight is 260 g/mol. The summed E-state index contributed by atoms with van der Waals surface area (Å²) in [5.41, 5.74) is 7.61. The minimum absolute atomic E-state index is 0.267. The number of carbonyl (C=O) groups is 1. The number of nitrogen functional groups attached to an aromatic ring is 1. The van der Waals surface area contributed by atoms with Gasteiger partial charge in [-0.3, -0.25) is 4.79 Å². The number of nitrogens with two attached hydrogens (primary N) is 1. The normalized spacial score (nSPS) is 16.3. The van der Waals surface area contributed by atoms with Crippen molar-refractivity contribution in [3.05, 3.63) is 29.8 Å². The van der Waals surface area contributed by atoms with E-state index in [1.54, 1.807) is 0 Å². The van der Waals surface area contributed by atoms with E-state index in [0.29, 0.717) is 12.5 Å². The Morgan fingerprint density at radius 2 is 1.84 bits per heavy atom. The van der Waals surface area contributed by atoms with Crippen molar-refractivity contribution in [3.63, 3.8) is 0 Å². The number of hydrogen-bond donors (Lipinski definition) is 1. The number of hydrogen-bond acceptors (Lipinski definition) is 2. The Morgan fingerprint density at radius 1 is 1.21 bits per heavy atom. The molecule has 0 saturated heterocycles. The molecule has 1 aromatic carbocycles. The molecule has 1 aromatic rings. The smallest absolute Gasteiger partial charge is 0.222 e. The Kier molecular flexibility index (Phi) is 4.83. The molecule has 1 aliphatic carbocycles. The van der Waals surface area contributed by atoms with Gasteiger partial charge in [0.05, 0.1) is 0 Å². The van der Waals surface area contributed by atoms with Gasteiger partial charge >= 0.3 is 0 Å². The van der Waals surface area contributed by atoms with Gasteiger partial charge in [0.15, 0.2) is 0 Å². The van der Waals surface area contributed by atoms with Crippen LogP contribution in [0.4, 0.5) is 5.69 Å². The fourth-order valence-corrected chi connectivity index (χ4v) is 2.78. The maximum absolute atomic E-state index is 12.2. The molecule has 19 heavy (non-hydrogen) atoms. The molecule has 0 spiro atoms. The van der Waals surface area contributed by atoms with Gasteiger partial charge in [-0.2, -0.15) is 0 Å². The molecule has 1 fully saturated rings.